The Morgan fingerprint density at radius 3 is 2.94 bits per heavy atom. The molecule has 1 aliphatic carbocycles. The summed E-state index contributed by atoms with van der Waals surface area (Å²) in [5, 5.41) is 13.6. The second-order valence-electron chi connectivity index (χ2n) is 5.02. The number of rotatable bonds is 4. The zero-order chi connectivity index (χ0) is 12.8. The predicted octanol–water partition coefficient (Wildman–Crippen LogP) is 1.77. The molecule has 0 radical (unpaired) electrons. The van der Waals surface area contributed by atoms with Crippen molar-refractivity contribution < 1.29 is 5.11 Å². The number of nitrogens with one attached hydrogen (secondary N) is 1. The predicted molar refractivity (Wildman–Crippen MR) is 73.8 cm³/mol. The topological polar surface area (TPSA) is 84.1 Å². The largest absolute Gasteiger partial charge is 0.396 e. The molecular formula is C12H16N4OS. The zero-order valence-corrected chi connectivity index (χ0v) is 11.0. The van der Waals surface area contributed by atoms with Crippen LogP contribution in [0.4, 0.5) is 11.8 Å². The zero-order valence-electron chi connectivity index (χ0n) is 10.2. The minimum absolute atomic E-state index is 0.0527. The number of hydrogen-bond donors (Lipinski definition) is 3. The Labute approximate surface area is 109 Å². The van der Waals surface area contributed by atoms with Crippen LogP contribution in [0.5, 0.6) is 0 Å². The van der Waals surface area contributed by atoms with E-state index < -0.39 is 0 Å². The molecule has 1 saturated carbocycles. The molecule has 0 unspecified atom stereocenters. The van der Waals surface area contributed by atoms with Crippen molar-refractivity contribution in [1.82, 2.24) is 9.97 Å². The molecule has 2 aromatic heterocycles. The van der Waals surface area contributed by atoms with Crippen LogP contribution in [-0.4, -0.2) is 28.2 Å². The van der Waals surface area contributed by atoms with Gasteiger partial charge in [-0.1, -0.05) is 0 Å². The average molecular weight is 264 g/mol. The van der Waals surface area contributed by atoms with Crippen LogP contribution in [0, 0.1) is 12.3 Å². The number of nitrogens with zero attached hydrogens (tertiary/aromatic N) is 2. The van der Waals surface area contributed by atoms with Gasteiger partial charge in [0.1, 0.15) is 10.6 Å². The number of anilines is 2. The summed E-state index contributed by atoms with van der Waals surface area (Å²) in [5.74, 6) is 1.07. The molecule has 2 heterocycles. The van der Waals surface area contributed by atoms with Gasteiger partial charge in [-0.05, 0) is 25.8 Å². The second kappa shape index (κ2) is 4.07. The molecule has 0 spiro atoms. The van der Waals surface area contributed by atoms with E-state index in [0.29, 0.717) is 5.95 Å². The van der Waals surface area contributed by atoms with Crippen molar-refractivity contribution in [3.63, 3.8) is 0 Å². The Morgan fingerprint density at radius 1 is 1.50 bits per heavy atom. The highest BCUT2D eigenvalue weighted by molar-refractivity contribution is 7.18. The van der Waals surface area contributed by atoms with E-state index in [0.717, 1.165) is 35.4 Å². The van der Waals surface area contributed by atoms with Crippen LogP contribution in [0.3, 0.4) is 0 Å². The molecule has 0 saturated heterocycles. The molecule has 0 amide bonds. The van der Waals surface area contributed by atoms with Crippen LogP contribution in [0.25, 0.3) is 10.2 Å². The van der Waals surface area contributed by atoms with Crippen LogP contribution in [0.1, 0.15) is 17.7 Å². The van der Waals surface area contributed by atoms with E-state index in [1.165, 1.54) is 4.88 Å². The lowest BCUT2D eigenvalue weighted by Crippen LogP contribution is -2.19. The number of hydrogen-bond acceptors (Lipinski definition) is 6. The molecule has 1 fully saturated rings. The van der Waals surface area contributed by atoms with Gasteiger partial charge in [-0.15, -0.1) is 11.3 Å². The molecule has 6 heteroatoms. The first-order chi connectivity index (χ1) is 8.62. The van der Waals surface area contributed by atoms with E-state index in [-0.39, 0.29) is 12.0 Å². The Balaban J connectivity index is 1.90. The monoisotopic (exact) mass is 264 g/mol. The highest BCUT2D eigenvalue weighted by Crippen LogP contribution is 2.45. The second-order valence-corrected chi connectivity index (χ2v) is 6.25. The number of aliphatic hydroxyl groups excluding tert-OH is 1. The first-order valence-electron chi connectivity index (χ1n) is 6.00. The van der Waals surface area contributed by atoms with Gasteiger partial charge < -0.3 is 16.2 Å². The van der Waals surface area contributed by atoms with E-state index in [9.17, 15) is 5.11 Å². The lowest BCUT2D eigenvalue weighted by molar-refractivity contribution is 0.219. The first kappa shape index (κ1) is 11.7. The summed E-state index contributed by atoms with van der Waals surface area (Å²) in [6.45, 7) is 3.01. The van der Waals surface area contributed by atoms with Crippen molar-refractivity contribution in [2.24, 2.45) is 5.41 Å². The summed E-state index contributed by atoms with van der Waals surface area (Å²) in [7, 11) is 0. The minimum atomic E-state index is 0.0527. The SMILES string of the molecule is Cc1cc2c(NCC3(CO)CC3)nc(N)nc2s1. The normalized spacial score (nSPS) is 17.0. The van der Waals surface area contributed by atoms with Crippen LogP contribution in [-0.2, 0) is 0 Å². The van der Waals surface area contributed by atoms with Crippen molar-refractivity contribution >= 4 is 33.3 Å². The quantitative estimate of drug-likeness (QED) is 0.783. The van der Waals surface area contributed by atoms with Crippen LogP contribution in [0.15, 0.2) is 6.07 Å². The molecule has 4 N–H and O–H groups in total. The van der Waals surface area contributed by atoms with Gasteiger partial charge in [0.15, 0.2) is 0 Å². The number of nitrogen functional groups attached to an aromatic ring is 1. The van der Waals surface area contributed by atoms with E-state index in [4.69, 9.17) is 5.73 Å². The van der Waals surface area contributed by atoms with Gasteiger partial charge in [-0.25, -0.2) is 4.98 Å². The Morgan fingerprint density at radius 2 is 2.28 bits per heavy atom. The fourth-order valence-corrected chi connectivity index (χ4v) is 2.92. The van der Waals surface area contributed by atoms with E-state index in [2.05, 4.69) is 21.4 Å². The van der Waals surface area contributed by atoms with Gasteiger partial charge in [-0.2, -0.15) is 4.98 Å². The number of aliphatic hydroxyl groups is 1. The number of aryl methyl sites for hydroxylation is 1. The molecule has 0 atom stereocenters. The highest BCUT2D eigenvalue weighted by Gasteiger charge is 2.41. The maximum Gasteiger partial charge on any atom is 0.223 e. The highest BCUT2D eigenvalue weighted by atomic mass is 32.1. The van der Waals surface area contributed by atoms with Gasteiger partial charge in [0.25, 0.3) is 0 Å². The summed E-state index contributed by atoms with van der Waals surface area (Å²) >= 11 is 1.61. The summed E-state index contributed by atoms with van der Waals surface area (Å²) in [5.41, 5.74) is 5.77. The lowest BCUT2D eigenvalue weighted by atomic mass is 10.1. The summed E-state index contributed by atoms with van der Waals surface area (Å²) in [6.07, 6.45) is 2.14. The summed E-state index contributed by atoms with van der Waals surface area (Å²) < 4.78 is 0. The van der Waals surface area contributed by atoms with Gasteiger partial charge in [0, 0.05) is 16.8 Å². The fourth-order valence-electron chi connectivity index (χ4n) is 2.03. The molecule has 3 rings (SSSR count). The van der Waals surface area contributed by atoms with Crippen molar-refractivity contribution in [2.45, 2.75) is 19.8 Å². The average Bonchev–Trinajstić information content (AvgIpc) is 3.02. The molecule has 0 aromatic carbocycles. The third-order valence-corrected chi connectivity index (χ3v) is 4.40. The molecule has 5 nitrogen and oxygen atoms in total. The van der Waals surface area contributed by atoms with Gasteiger partial charge in [0.05, 0.1) is 12.0 Å². The smallest absolute Gasteiger partial charge is 0.223 e. The van der Waals surface area contributed by atoms with Crippen LogP contribution in [0.2, 0.25) is 0 Å². The number of aromatic nitrogens is 2. The van der Waals surface area contributed by atoms with Gasteiger partial charge in [0.2, 0.25) is 5.95 Å². The fraction of sp³-hybridized carbons (Fsp3) is 0.500. The van der Waals surface area contributed by atoms with E-state index >= 15 is 0 Å². The lowest BCUT2D eigenvalue weighted by Gasteiger charge is -2.13. The molecule has 0 aliphatic heterocycles. The van der Waals surface area contributed by atoms with Gasteiger partial charge >= 0.3 is 0 Å². The van der Waals surface area contributed by atoms with E-state index in [1.54, 1.807) is 11.3 Å². The molecule has 1 aliphatic rings. The van der Waals surface area contributed by atoms with Crippen LogP contribution < -0.4 is 11.1 Å². The van der Waals surface area contributed by atoms with E-state index in [1.807, 2.05) is 6.92 Å². The molecular weight excluding hydrogens is 248 g/mol. The number of nitrogens with two attached hydrogens (primary N) is 1. The Hall–Kier alpha value is -1.40. The Kier molecular flexibility index (Phi) is 2.64. The Bertz CT molecular complexity index is 591. The third-order valence-electron chi connectivity index (χ3n) is 3.46. The standard InChI is InChI=1S/C12H16N4OS/c1-7-4-8-9(14-5-12(6-17)2-3-12)15-11(13)16-10(8)18-7/h4,17H,2-3,5-6H2,1H3,(H3,13,14,15,16). The van der Waals surface area contributed by atoms with Crippen LogP contribution >= 0.6 is 11.3 Å². The van der Waals surface area contributed by atoms with Crippen molar-refractivity contribution in [1.29, 1.82) is 0 Å². The van der Waals surface area contributed by atoms with Crippen molar-refractivity contribution in [3.05, 3.63) is 10.9 Å². The summed E-state index contributed by atoms with van der Waals surface area (Å²) in [4.78, 5) is 10.6. The molecule has 0 bridgehead atoms. The first-order valence-corrected chi connectivity index (χ1v) is 6.82. The number of thiophene rings is 1. The molecule has 96 valence electrons. The summed E-state index contributed by atoms with van der Waals surface area (Å²) in [6, 6.07) is 2.07. The number of fused-ring (bicyclic) bond motifs is 1. The maximum atomic E-state index is 9.31. The molecule has 2 aromatic rings. The minimum Gasteiger partial charge on any atom is -0.396 e. The maximum absolute atomic E-state index is 9.31. The van der Waals surface area contributed by atoms with Crippen molar-refractivity contribution in [2.75, 3.05) is 24.2 Å². The molecule has 18 heavy (non-hydrogen) atoms. The van der Waals surface area contributed by atoms with Crippen molar-refractivity contribution in [3.8, 4) is 0 Å². The third kappa shape index (κ3) is 2.02. The van der Waals surface area contributed by atoms with Gasteiger partial charge in [-0.3, -0.25) is 0 Å².